The highest BCUT2D eigenvalue weighted by Gasteiger charge is 2.42. The Morgan fingerprint density at radius 3 is 2.59 bits per heavy atom. The molecule has 0 aliphatic heterocycles. The SMILES string of the molecule is C[C@@H](NC(=O)c1nn2c(C(F)(F)F)cc(-c3ccccc3)nc2c1Br)[C@H]1C[C@@H]2CC[C@H]1C2. The van der Waals surface area contributed by atoms with Crippen LogP contribution in [0.4, 0.5) is 13.2 Å². The van der Waals surface area contributed by atoms with Crippen molar-refractivity contribution in [1.82, 2.24) is 19.9 Å². The van der Waals surface area contributed by atoms with Gasteiger partial charge in [-0.05, 0) is 65.9 Å². The summed E-state index contributed by atoms with van der Waals surface area (Å²) in [6, 6.07) is 9.51. The molecule has 2 saturated carbocycles. The highest BCUT2D eigenvalue weighted by molar-refractivity contribution is 9.10. The van der Waals surface area contributed by atoms with E-state index in [2.05, 4.69) is 31.3 Å². The van der Waals surface area contributed by atoms with E-state index >= 15 is 0 Å². The zero-order chi connectivity index (χ0) is 22.6. The van der Waals surface area contributed by atoms with Crippen molar-refractivity contribution in [3.05, 3.63) is 52.3 Å². The first-order valence-electron chi connectivity index (χ1n) is 10.7. The average molecular weight is 507 g/mol. The van der Waals surface area contributed by atoms with Gasteiger partial charge in [0.25, 0.3) is 5.91 Å². The molecule has 0 saturated heterocycles. The van der Waals surface area contributed by atoms with Crippen LogP contribution in [0, 0.1) is 17.8 Å². The molecule has 5 nitrogen and oxygen atoms in total. The van der Waals surface area contributed by atoms with Crippen LogP contribution in [0.1, 0.15) is 48.8 Å². The fraction of sp³-hybridized carbons (Fsp3) is 0.435. The van der Waals surface area contributed by atoms with Crippen molar-refractivity contribution in [2.24, 2.45) is 17.8 Å². The lowest BCUT2D eigenvalue weighted by Gasteiger charge is -2.28. The Bertz CT molecular complexity index is 1180. The Labute approximate surface area is 191 Å². The lowest BCUT2D eigenvalue weighted by atomic mass is 9.84. The zero-order valence-electron chi connectivity index (χ0n) is 17.4. The Morgan fingerprint density at radius 1 is 1.22 bits per heavy atom. The molecule has 168 valence electrons. The van der Waals surface area contributed by atoms with Gasteiger partial charge in [0.15, 0.2) is 17.0 Å². The van der Waals surface area contributed by atoms with Crippen molar-refractivity contribution in [2.45, 2.75) is 44.8 Å². The maximum Gasteiger partial charge on any atom is 0.433 e. The average Bonchev–Trinajstić information content (AvgIpc) is 3.48. The quantitative estimate of drug-likeness (QED) is 0.491. The topological polar surface area (TPSA) is 59.3 Å². The van der Waals surface area contributed by atoms with Crippen LogP contribution in [0.5, 0.6) is 0 Å². The minimum atomic E-state index is -4.67. The summed E-state index contributed by atoms with van der Waals surface area (Å²) < 4.78 is 42.4. The van der Waals surface area contributed by atoms with Gasteiger partial charge in [0.1, 0.15) is 0 Å². The number of carbonyl (C=O) groups is 1. The van der Waals surface area contributed by atoms with Gasteiger partial charge in [0.2, 0.25) is 0 Å². The molecule has 2 fully saturated rings. The number of alkyl halides is 3. The standard InChI is InChI=1S/C23H22BrF3N4O/c1-12(16-10-13-7-8-15(16)9-13)28-22(32)20-19(24)21-29-17(14-5-3-2-4-6-14)11-18(23(25,26)27)31(21)30-20/h2-6,11-13,15-16H,7-10H2,1H3,(H,28,32)/t12-,13-,15+,16-/m1/s1. The molecule has 2 aliphatic rings. The van der Waals surface area contributed by atoms with Crippen molar-refractivity contribution in [3.63, 3.8) is 0 Å². The van der Waals surface area contributed by atoms with E-state index in [-0.39, 0.29) is 27.5 Å². The zero-order valence-corrected chi connectivity index (χ0v) is 18.9. The van der Waals surface area contributed by atoms with E-state index in [1.54, 1.807) is 30.3 Å². The number of fused-ring (bicyclic) bond motifs is 3. The number of hydrogen-bond donors (Lipinski definition) is 1. The summed E-state index contributed by atoms with van der Waals surface area (Å²) in [5, 5.41) is 6.99. The van der Waals surface area contributed by atoms with Crippen LogP contribution < -0.4 is 5.32 Å². The van der Waals surface area contributed by atoms with Gasteiger partial charge >= 0.3 is 6.18 Å². The third-order valence-corrected chi connectivity index (χ3v) is 7.63. The summed E-state index contributed by atoms with van der Waals surface area (Å²) in [5.74, 6) is 1.27. The molecule has 0 spiro atoms. The molecule has 0 radical (unpaired) electrons. The van der Waals surface area contributed by atoms with E-state index in [9.17, 15) is 18.0 Å². The predicted octanol–water partition coefficient (Wildman–Crippen LogP) is 5.73. The summed E-state index contributed by atoms with van der Waals surface area (Å²) >= 11 is 3.29. The monoisotopic (exact) mass is 506 g/mol. The molecular weight excluding hydrogens is 485 g/mol. The van der Waals surface area contributed by atoms with Gasteiger partial charge in [0, 0.05) is 11.6 Å². The minimum Gasteiger partial charge on any atom is -0.348 e. The lowest BCUT2D eigenvalue weighted by Crippen LogP contribution is -2.40. The first-order valence-corrected chi connectivity index (χ1v) is 11.5. The largest absolute Gasteiger partial charge is 0.433 e. The Morgan fingerprint density at radius 2 is 1.97 bits per heavy atom. The molecule has 2 aliphatic carbocycles. The molecule has 2 heterocycles. The molecule has 0 unspecified atom stereocenters. The molecule has 32 heavy (non-hydrogen) atoms. The molecule has 2 bridgehead atoms. The smallest absolute Gasteiger partial charge is 0.348 e. The normalized spacial score (nSPS) is 23.6. The van der Waals surface area contributed by atoms with Crippen LogP contribution in [-0.4, -0.2) is 26.5 Å². The number of carbonyl (C=O) groups excluding carboxylic acids is 1. The highest BCUT2D eigenvalue weighted by Crippen LogP contribution is 2.49. The van der Waals surface area contributed by atoms with Crippen molar-refractivity contribution in [2.75, 3.05) is 0 Å². The minimum absolute atomic E-state index is 0.0450. The summed E-state index contributed by atoms with van der Waals surface area (Å²) in [6.07, 6.45) is 0.0905. The van der Waals surface area contributed by atoms with Crippen molar-refractivity contribution in [1.29, 1.82) is 0 Å². The summed E-state index contributed by atoms with van der Waals surface area (Å²) in [7, 11) is 0. The molecule has 1 amide bonds. The van der Waals surface area contributed by atoms with Gasteiger partial charge in [-0.25, -0.2) is 9.50 Å². The number of hydrogen-bond acceptors (Lipinski definition) is 3. The maximum absolute atomic E-state index is 13.9. The van der Waals surface area contributed by atoms with Gasteiger partial charge in [0.05, 0.1) is 10.2 Å². The predicted molar refractivity (Wildman–Crippen MR) is 117 cm³/mol. The number of halogens is 4. The second-order valence-corrected chi connectivity index (χ2v) is 9.68. The van der Waals surface area contributed by atoms with Crippen molar-refractivity contribution < 1.29 is 18.0 Å². The van der Waals surface area contributed by atoms with Crippen LogP contribution in [0.2, 0.25) is 0 Å². The Kier molecular flexibility index (Phi) is 5.27. The molecule has 2 aromatic heterocycles. The molecule has 3 aromatic rings. The molecule has 4 atom stereocenters. The third kappa shape index (κ3) is 3.70. The molecule has 5 rings (SSSR count). The van der Waals surface area contributed by atoms with Crippen LogP contribution in [0.25, 0.3) is 16.9 Å². The Hall–Kier alpha value is -2.42. The van der Waals surface area contributed by atoms with E-state index in [1.807, 2.05) is 6.92 Å². The first kappa shape index (κ1) is 21.4. The van der Waals surface area contributed by atoms with Crippen molar-refractivity contribution >= 4 is 27.5 Å². The second kappa shape index (κ2) is 7.86. The number of nitrogens with one attached hydrogen (secondary N) is 1. The summed E-state index contributed by atoms with van der Waals surface area (Å²) in [6.45, 7) is 1.97. The van der Waals surface area contributed by atoms with Crippen LogP contribution in [0.15, 0.2) is 40.9 Å². The van der Waals surface area contributed by atoms with Gasteiger partial charge in [-0.15, -0.1) is 0 Å². The Balaban J connectivity index is 1.51. The van der Waals surface area contributed by atoms with E-state index in [1.165, 1.54) is 19.3 Å². The number of rotatable bonds is 4. The lowest BCUT2D eigenvalue weighted by molar-refractivity contribution is -0.142. The van der Waals surface area contributed by atoms with Gasteiger partial charge < -0.3 is 5.32 Å². The number of aromatic nitrogens is 3. The van der Waals surface area contributed by atoms with Crippen LogP contribution in [-0.2, 0) is 6.18 Å². The van der Waals surface area contributed by atoms with Gasteiger partial charge in [-0.2, -0.15) is 18.3 Å². The molecule has 1 N–H and O–H groups in total. The maximum atomic E-state index is 13.9. The van der Waals surface area contributed by atoms with E-state index in [0.29, 0.717) is 21.9 Å². The van der Waals surface area contributed by atoms with Crippen LogP contribution in [0.3, 0.4) is 0 Å². The second-order valence-electron chi connectivity index (χ2n) is 8.89. The van der Waals surface area contributed by atoms with E-state index in [4.69, 9.17) is 0 Å². The van der Waals surface area contributed by atoms with Crippen LogP contribution >= 0.6 is 15.9 Å². The van der Waals surface area contributed by atoms with E-state index in [0.717, 1.165) is 18.4 Å². The van der Waals surface area contributed by atoms with Gasteiger partial charge in [-0.1, -0.05) is 36.8 Å². The first-order chi connectivity index (χ1) is 15.2. The van der Waals surface area contributed by atoms with E-state index < -0.39 is 17.8 Å². The molecule has 1 aromatic carbocycles. The highest BCUT2D eigenvalue weighted by atomic mass is 79.9. The number of nitrogens with zero attached hydrogens (tertiary/aromatic N) is 3. The summed E-state index contributed by atoms with van der Waals surface area (Å²) in [5.41, 5.74) is -0.417. The third-order valence-electron chi connectivity index (χ3n) is 6.90. The fourth-order valence-corrected chi connectivity index (χ4v) is 5.90. The number of benzene rings is 1. The molecular formula is C23H22BrF3N4O. The van der Waals surface area contributed by atoms with Gasteiger partial charge in [-0.3, -0.25) is 4.79 Å². The number of amides is 1. The fourth-order valence-electron chi connectivity index (χ4n) is 5.38. The summed E-state index contributed by atoms with van der Waals surface area (Å²) in [4.78, 5) is 17.4. The van der Waals surface area contributed by atoms with Crippen molar-refractivity contribution in [3.8, 4) is 11.3 Å². The molecule has 9 heteroatoms.